The lowest BCUT2D eigenvalue weighted by Crippen LogP contribution is -2.25. The molecule has 0 aliphatic heterocycles. The minimum atomic E-state index is -0.782. The van der Waals surface area contributed by atoms with Crippen LogP contribution >= 0.6 is 0 Å². The lowest BCUT2D eigenvalue weighted by Gasteiger charge is -2.25. The molecule has 0 amide bonds. The van der Waals surface area contributed by atoms with Gasteiger partial charge in [-0.15, -0.1) is 0 Å². The van der Waals surface area contributed by atoms with Gasteiger partial charge in [-0.1, -0.05) is 19.1 Å². The largest absolute Gasteiger partial charge is 0.378 e. The van der Waals surface area contributed by atoms with E-state index in [1.54, 1.807) is 0 Å². The average Bonchev–Trinajstić information content (AvgIpc) is 2.04. The van der Waals surface area contributed by atoms with E-state index in [-0.39, 0.29) is 5.92 Å². The molecule has 1 rings (SSSR count). The molecule has 2 heteroatoms. The maximum Gasteiger partial charge on any atom is 0.143 e. The van der Waals surface area contributed by atoms with Crippen molar-refractivity contribution in [2.75, 3.05) is 0 Å². The molecule has 60 valence electrons. The maximum atomic E-state index is 9.26. The van der Waals surface area contributed by atoms with Gasteiger partial charge in [-0.05, 0) is 18.8 Å². The molecule has 0 spiro atoms. The molecule has 0 aromatic heterocycles. The minimum absolute atomic E-state index is 0.144. The van der Waals surface area contributed by atoms with Crippen molar-refractivity contribution in [3.8, 4) is 6.07 Å². The predicted molar refractivity (Wildman–Crippen MR) is 42.6 cm³/mol. The van der Waals surface area contributed by atoms with Gasteiger partial charge in [-0.2, -0.15) is 5.26 Å². The van der Waals surface area contributed by atoms with E-state index >= 15 is 0 Å². The third kappa shape index (κ3) is 1.81. The quantitative estimate of drug-likeness (QED) is 0.455. The van der Waals surface area contributed by atoms with Gasteiger partial charge < -0.3 is 5.11 Å². The molecule has 1 aliphatic carbocycles. The fraction of sp³-hybridized carbons (Fsp3) is 0.667. The first-order valence-electron chi connectivity index (χ1n) is 4.00. The minimum Gasteiger partial charge on any atom is -0.378 e. The van der Waals surface area contributed by atoms with Crippen LogP contribution in [0.1, 0.15) is 19.8 Å². The second-order valence-corrected chi connectivity index (χ2v) is 3.10. The van der Waals surface area contributed by atoms with E-state index in [4.69, 9.17) is 5.26 Å². The predicted octanol–water partition coefficient (Wildman–Crippen LogP) is 1.47. The molecule has 0 aromatic rings. The number of aliphatic hydroxyl groups excluding tert-OH is 1. The van der Waals surface area contributed by atoms with Crippen molar-refractivity contribution in [3.05, 3.63) is 12.2 Å². The SMILES string of the molecule is C[C@H]1C=CCC[C@H]1C(O)C#N. The molecular weight excluding hydrogens is 138 g/mol. The Hall–Kier alpha value is -0.810. The molecule has 0 radical (unpaired) electrons. The molecule has 1 N–H and O–H groups in total. The van der Waals surface area contributed by atoms with Gasteiger partial charge in [0.1, 0.15) is 6.10 Å². The smallest absolute Gasteiger partial charge is 0.143 e. The highest BCUT2D eigenvalue weighted by Gasteiger charge is 2.24. The van der Waals surface area contributed by atoms with Crippen molar-refractivity contribution in [3.63, 3.8) is 0 Å². The summed E-state index contributed by atoms with van der Waals surface area (Å²) in [5.74, 6) is 0.489. The Balaban J connectivity index is 2.59. The molecule has 0 fully saturated rings. The Bertz CT molecular complexity index is 192. The summed E-state index contributed by atoms with van der Waals surface area (Å²) >= 11 is 0. The molecule has 0 heterocycles. The molecule has 2 nitrogen and oxygen atoms in total. The topological polar surface area (TPSA) is 44.0 Å². The zero-order valence-corrected chi connectivity index (χ0v) is 6.70. The van der Waals surface area contributed by atoms with Crippen LogP contribution in [0.5, 0.6) is 0 Å². The lowest BCUT2D eigenvalue weighted by atomic mass is 9.82. The van der Waals surface area contributed by atoms with E-state index in [9.17, 15) is 5.11 Å². The van der Waals surface area contributed by atoms with Crippen molar-refractivity contribution >= 4 is 0 Å². The Kier molecular flexibility index (Phi) is 2.67. The zero-order valence-electron chi connectivity index (χ0n) is 6.70. The van der Waals surface area contributed by atoms with E-state index in [1.807, 2.05) is 13.0 Å². The first-order valence-corrected chi connectivity index (χ1v) is 4.00. The van der Waals surface area contributed by atoms with E-state index < -0.39 is 6.10 Å². The van der Waals surface area contributed by atoms with E-state index in [0.29, 0.717) is 5.92 Å². The van der Waals surface area contributed by atoms with E-state index in [2.05, 4.69) is 12.2 Å². The average molecular weight is 151 g/mol. The number of hydrogen-bond donors (Lipinski definition) is 1. The van der Waals surface area contributed by atoms with Crippen LogP contribution < -0.4 is 0 Å². The number of rotatable bonds is 1. The normalized spacial score (nSPS) is 32.8. The van der Waals surface area contributed by atoms with Crippen molar-refractivity contribution < 1.29 is 5.11 Å². The Morgan fingerprint density at radius 1 is 1.73 bits per heavy atom. The van der Waals surface area contributed by atoms with E-state index in [0.717, 1.165) is 12.8 Å². The monoisotopic (exact) mass is 151 g/mol. The van der Waals surface area contributed by atoms with Gasteiger partial charge in [0, 0.05) is 5.92 Å². The van der Waals surface area contributed by atoms with Crippen LogP contribution in [0, 0.1) is 23.2 Å². The van der Waals surface area contributed by atoms with Gasteiger partial charge in [0.25, 0.3) is 0 Å². The first-order chi connectivity index (χ1) is 5.25. The maximum absolute atomic E-state index is 9.26. The summed E-state index contributed by atoms with van der Waals surface area (Å²) in [6.07, 6.45) is 5.34. The second kappa shape index (κ2) is 3.54. The van der Waals surface area contributed by atoms with Gasteiger partial charge in [-0.3, -0.25) is 0 Å². The third-order valence-electron chi connectivity index (χ3n) is 2.32. The highest BCUT2D eigenvalue weighted by Crippen LogP contribution is 2.26. The van der Waals surface area contributed by atoms with Crippen molar-refractivity contribution in [2.45, 2.75) is 25.9 Å². The molecule has 0 saturated heterocycles. The van der Waals surface area contributed by atoms with Crippen molar-refractivity contribution in [1.29, 1.82) is 5.26 Å². The summed E-state index contributed by atoms with van der Waals surface area (Å²) in [4.78, 5) is 0. The molecule has 1 unspecified atom stereocenters. The Labute approximate surface area is 67.2 Å². The van der Waals surface area contributed by atoms with Crippen molar-refractivity contribution in [2.24, 2.45) is 11.8 Å². The van der Waals surface area contributed by atoms with Crippen LogP contribution in [0.25, 0.3) is 0 Å². The summed E-state index contributed by atoms with van der Waals surface area (Å²) in [5, 5.41) is 17.7. The molecule has 1 aliphatic rings. The first kappa shape index (κ1) is 8.29. The van der Waals surface area contributed by atoms with Gasteiger partial charge in [-0.25, -0.2) is 0 Å². The zero-order chi connectivity index (χ0) is 8.27. The molecule has 11 heavy (non-hydrogen) atoms. The summed E-state index contributed by atoms with van der Waals surface area (Å²) in [6.45, 7) is 2.04. The number of hydrogen-bond acceptors (Lipinski definition) is 2. The summed E-state index contributed by atoms with van der Waals surface area (Å²) < 4.78 is 0. The Morgan fingerprint density at radius 3 is 3.00 bits per heavy atom. The summed E-state index contributed by atoms with van der Waals surface area (Å²) in [7, 11) is 0. The van der Waals surface area contributed by atoms with Gasteiger partial charge in [0.15, 0.2) is 0 Å². The molecular formula is C9H13NO. The standard InChI is InChI=1S/C9H13NO/c1-7-4-2-3-5-8(7)9(11)6-10/h2,4,7-9,11H,3,5H2,1H3/t7-,8+,9?/m0/s1. The van der Waals surface area contributed by atoms with Crippen LogP contribution in [0.3, 0.4) is 0 Å². The van der Waals surface area contributed by atoms with Crippen molar-refractivity contribution in [1.82, 2.24) is 0 Å². The van der Waals surface area contributed by atoms with Crippen LogP contribution in [0.2, 0.25) is 0 Å². The molecule has 0 saturated carbocycles. The van der Waals surface area contributed by atoms with Crippen LogP contribution in [0.4, 0.5) is 0 Å². The van der Waals surface area contributed by atoms with Crippen LogP contribution in [-0.2, 0) is 0 Å². The summed E-state index contributed by atoms with van der Waals surface area (Å²) in [5.41, 5.74) is 0. The second-order valence-electron chi connectivity index (χ2n) is 3.10. The molecule has 0 bridgehead atoms. The lowest BCUT2D eigenvalue weighted by molar-refractivity contribution is 0.127. The third-order valence-corrected chi connectivity index (χ3v) is 2.32. The molecule has 3 atom stereocenters. The van der Waals surface area contributed by atoms with Gasteiger partial charge in [0.2, 0.25) is 0 Å². The van der Waals surface area contributed by atoms with Crippen LogP contribution in [0.15, 0.2) is 12.2 Å². The highest BCUT2D eigenvalue weighted by molar-refractivity contribution is 5.01. The molecule has 0 aromatic carbocycles. The summed E-state index contributed by atoms with van der Waals surface area (Å²) in [6, 6.07) is 1.89. The van der Waals surface area contributed by atoms with Gasteiger partial charge in [0.05, 0.1) is 6.07 Å². The number of nitriles is 1. The number of allylic oxidation sites excluding steroid dienone is 2. The fourth-order valence-electron chi connectivity index (χ4n) is 1.55. The highest BCUT2D eigenvalue weighted by atomic mass is 16.3. The Morgan fingerprint density at radius 2 is 2.45 bits per heavy atom. The van der Waals surface area contributed by atoms with E-state index in [1.165, 1.54) is 0 Å². The van der Waals surface area contributed by atoms with Crippen LogP contribution in [-0.4, -0.2) is 11.2 Å². The number of aliphatic hydroxyl groups is 1. The van der Waals surface area contributed by atoms with Gasteiger partial charge >= 0.3 is 0 Å². The number of nitrogens with zero attached hydrogens (tertiary/aromatic N) is 1. The fourth-order valence-corrected chi connectivity index (χ4v) is 1.55.